The Morgan fingerprint density at radius 3 is 2.37 bits per heavy atom. The fraction of sp³-hybridized carbons (Fsp3) is 0.727. The van der Waals surface area contributed by atoms with Crippen molar-refractivity contribution in [3.05, 3.63) is 29.8 Å². The van der Waals surface area contributed by atoms with Gasteiger partial charge in [-0.15, -0.1) is 0 Å². The largest absolute Gasteiger partial charge is 0.491 e. The molecule has 3 rings (SSSR count). The normalized spacial score (nSPS) is 21.8. The number of morpholine rings is 1. The van der Waals surface area contributed by atoms with E-state index in [-0.39, 0.29) is 0 Å². The predicted octanol–water partition coefficient (Wildman–Crippen LogP) is 2.91. The molecular formula is C22H36N2O3. The third-order valence-electron chi connectivity index (χ3n) is 5.52. The van der Waals surface area contributed by atoms with Gasteiger partial charge >= 0.3 is 0 Å². The van der Waals surface area contributed by atoms with Crippen LogP contribution in [0.1, 0.15) is 44.1 Å². The highest BCUT2D eigenvalue weighted by Crippen LogP contribution is 2.18. The Balaban J connectivity index is 1.44. The number of aliphatic hydroxyl groups excluding tert-OH is 1. The topological polar surface area (TPSA) is 45.2 Å². The third-order valence-corrected chi connectivity index (χ3v) is 5.52. The lowest BCUT2D eigenvalue weighted by Crippen LogP contribution is -2.42. The van der Waals surface area contributed by atoms with Crippen LogP contribution in [0.4, 0.5) is 0 Å². The van der Waals surface area contributed by atoms with E-state index in [4.69, 9.17) is 9.47 Å². The molecule has 0 spiro atoms. The van der Waals surface area contributed by atoms with E-state index in [1.807, 2.05) is 6.07 Å². The van der Waals surface area contributed by atoms with Crippen LogP contribution in [-0.4, -0.2) is 73.6 Å². The van der Waals surface area contributed by atoms with Gasteiger partial charge in [0.15, 0.2) is 0 Å². The highest BCUT2D eigenvalue weighted by Gasteiger charge is 2.15. The second kappa shape index (κ2) is 11.6. The van der Waals surface area contributed by atoms with Crippen molar-refractivity contribution < 1.29 is 14.6 Å². The van der Waals surface area contributed by atoms with E-state index < -0.39 is 6.10 Å². The molecule has 0 aliphatic carbocycles. The summed E-state index contributed by atoms with van der Waals surface area (Å²) in [6, 6.07) is 8.37. The average molecular weight is 377 g/mol. The molecule has 5 nitrogen and oxygen atoms in total. The van der Waals surface area contributed by atoms with Crippen molar-refractivity contribution in [2.45, 2.75) is 51.2 Å². The molecule has 1 aromatic carbocycles. The molecule has 1 aromatic rings. The van der Waals surface area contributed by atoms with Gasteiger partial charge in [0.2, 0.25) is 0 Å². The highest BCUT2D eigenvalue weighted by atomic mass is 16.5. The van der Waals surface area contributed by atoms with Gasteiger partial charge in [0.25, 0.3) is 0 Å². The van der Waals surface area contributed by atoms with Crippen LogP contribution in [0.3, 0.4) is 0 Å². The number of ether oxygens (including phenoxy) is 2. The molecule has 2 heterocycles. The number of nitrogens with zero attached hydrogens (tertiary/aromatic N) is 2. The van der Waals surface area contributed by atoms with E-state index >= 15 is 0 Å². The highest BCUT2D eigenvalue weighted by molar-refractivity contribution is 5.28. The number of aliphatic hydroxyl groups is 1. The van der Waals surface area contributed by atoms with Crippen molar-refractivity contribution in [3.8, 4) is 5.75 Å². The van der Waals surface area contributed by atoms with Crippen molar-refractivity contribution in [1.82, 2.24) is 9.80 Å². The van der Waals surface area contributed by atoms with E-state index in [1.165, 1.54) is 57.2 Å². The second-order valence-electron chi connectivity index (χ2n) is 7.92. The van der Waals surface area contributed by atoms with Gasteiger partial charge in [0.1, 0.15) is 18.5 Å². The first-order valence-corrected chi connectivity index (χ1v) is 10.7. The Kier molecular flexibility index (Phi) is 8.88. The number of hydrogen-bond donors (Lipinski definition) is 1. The summed E-state index contributed by atoms with van der Waals surface area (Å²) in [6.45, 7) is 7.67. The number of benzene rings is 1. The van der Waals surface area contributed by atoms with Crippen LogP contribution in [0.15, 0.2) is 24.3 Å². The molecule has 152 valence electrons. The van der Waals surface area contributed by atoms with Crippen molar-refractivity contribution in [1.29, 1.82) is 0 Å². The van der Waals surface area contributed by atoms with Crippen LogP contribution in [0, 0.1) is 0 Å². The second-order valence-corrected chi connectivity index (χ2v) is 7.92. The van der Waals surface area contributed by atoms with E-state index in [0.717, 1.165) is 38.6 Å². The molecule has 0 aromatic heterocycles. The summed E-state index contributed by atoms with van der Waals surface area (Å²) >= 11 is 0. The Hall–Kier alpha value is -1.14. The predicted molar refractivity (Wildman–Crippen MR) is 108 cm³/mol. The summed E-state index contributed by atoms with van der Waals surface area (Å²) in [6.07, 6.45) is 7.66. The van der Waals surface area contributed by atoms with Crippen LogP contribution >= 0.6 is 0 Å². The molecule has 2 saturated heterocycles. The van der Waals surface area contributed by atoms with Crippen molar-refractivity contribution in [2.24, 2.45) is 0 Å². The van der Waals surface area contributed by atoms with Gasteiger partial charge in [-0.3, -0.25) is 9.80 Å². The van der Waals surface area contributed by atoms with Gasteiger partial charge < -0.3 is 14.6 Å². The number of β-amino-alcohol motifs (C(OH)–C–C–N with tert-alkyl or cyclic N) is 1. The summed E-state index contributed by atoms with van der Waals surface area (Å²) in [5.74, 6) is 0.859. The molecule has 0 amide bonds. The van der Waals surface area contributed by atoms with Crippen LogP contribution in [0.25, 0.3) is 0 Å². The Labute approximate surface area is 164 Å². The number of rotatable bonds is 7. The SMILES string of the molecule is O[C@H](COc1cccc(CN2CCCCCCCC2)c1)CN1CCOCC1. The first-order chi connectivity index (χ1) is 13.3. The standard InChI is InChI=1S/C22H36N2O3/c25-21(18-24-12-14-26-15-13-24)19-27-22-9-7-8-20(16-22)17-23-10-5-3-1-2-4-6-11-23/h7-9,16,21,25H,1-6,10-15,17-19H2/t21-/m0/s1. The zero-order valence-electron chi connectivity index (χ0n) is 16.7. The summed E-state index contributed by atoms with van der Waals surface area (Å²) in [5, 5.41) is 10.3. The third kappa shape index (κ3) is 7.78. The molecule has 2 aliphatic rings. The number of hydrogen-bond acceptors (Lipinski definition) is 5. The van der Waals surface area contributed by atoms with Crippen LogP contribution in [0.2, 0.25) is 0 Å². The first-order valence-electron chi connectivity index (χ1n) is 10.7. The molecule has 0 radical (unpaired) electrons. The lowest BCUT2D eigenvalue weighted by atomic mass is 10.1. The van der Waals surface area contributed by atoms with Crippen molar-refractivity contribution in [2.75, 3.05) is 52.5 Å². The smallest absolute Gasteiger partial charge is 0.119 e. The lowest BCUT2D eigenvalue weighted by molar-refractivity contribution is 0.00464. The molecule has 27 heavy (non-hydrogen) atoms. The molecule has 0 bridgehead atoms. The fourth-order valence-electron chi connectivity index (χ4n) is 3.97. The molecule has 2 aliphatic heterocycles. The summed E-state index contributed by atoms with van der Waals surface area (Å²) in [4.78, 5) is 4.82. The van der Waals surface area contributed by atoms with Crippen LogP contribution in [-0.2, 0) is 11.3 Å². The van der Waals surface area contributed by atoms with Gasteiger partial charge in [-0.05, 0) is 43.6 Å². The maximum absolute atomic E-state index is 10.3. The molecule has 0 saturated carbocycles. The monoisotopic (exact) mass is 376 g/mol. The minimum atomic E-state index is -0.468. The molecule has 1 N–H and O–H groups in total. The first kappa shape index (κ1) is 20.6. The molecule has 0 unspecified atom stereocenters. The summed E-state index contributed by atoms with van der Waals surface area (Å²) in [5.41, 5.74) is 1.30. The zero-order chi connectivity index (χ0) is 18.7. The van der Waals surface area contributed by atoms with Gasteiger partial charge in [0, 0.05) is 26.2 Å². The molecule has 5 heteroatoms. The Bertz CT molecular complexity index is 524. The maximum atomic E-state index is 10.3. The van der Waals surface area contributed by atoms with Gasteiger partial charge in [0.05, 0.1) is 13.2 Å². The van der Waals surface area contributed by atoms with Gasteiger partial charge in [-0.2, -0.15) is 0 Å². The van der Waals surface area contributed by atoms with Crippen molar-refractivity contribution in [3.63, 3.8) is 0 Å². The van der Waals surface area contributed by atoms with E-state index in [1.54, 1.807) is 0 Å². The summed E-state index contributed by atoms with van der Waals surface area (Å²) < 4.78 is 11.2. The minimum Gasteiger partial charge on any atom is -0.491 e. The van der Waals surface area contributed by atoms with Crippen LogP contribution < -0.4 is 4.74 Å². The van der Waals surface area contributed by atoms with E-state index in [0.29, 0.717) is 13.2 Å². The van der Waals surface area contributed by atoms with Gasteiger partial charge in [-0.1, -0.05) is 37.8 Å². The van der Waals surface area contributed by atoms with E-state index in [2.05, 4.69) is 28.0 Å². The Morgan fingerprint density at radius 1 is 0.926 bits per heavy atom. The minimum absolute atomic E-state index is 0.338. The molecule has 1 atom stereocenters. The zero-order valence-corrected chi connectivity index (χ0v) is 16.7. The van der Waals surface area contributed by atoms with E-state index in [9.17, 15) is 5.11 Å². The average Bonchev–Trinajstić information content (AvgIpc) is 2.82. The Morgan fingerprint density at radius 2 is 1.63 bits per heavy atom. The van der Waals surface area contributed by atoms with Crippen LogP contribution in [0.5, 0.6) is 5.75 Å². The summed E-state index contributed by atoms with van der Waals surface area (Å²) in [7, 11) is 0. The quantitative estimate of drug-likeness (QED) is 0.793. The molecular weight excluding hydrogens is 340 g/mol. The fourth-order valence-corrected chi connectivity index (χ4v) is 3.97. The molecule has 2 fully saturated rings. The maximum Gasteiger partial charge on any atom is 0.119 e. The van der Waals surface area contributed by atoms with Gasteiger partial charge in [-0.25, -0.2) is 0 Å². The lowest BCUT2D eigenvalue weighted by Gasteiger charge is -2.28. The van der Waals surface area contributed by atoms with Crippen molar-refractivity contribution >= 4 is 0 Å².